The van der Waals surface area contributed by atoms with Gasteiger partial charge >= 0.3 is 0 Å². The van der Waals surface area contributed by atoms with E-state index < -0.39 is 0 Å². The van der Waals surface area contributed by atoms with Crippen molar-refractivity contribution < 1.29 is 0 Å². The monoisotopic (exact) mass is 327 g/mol. The molecule has 0 atom stereocenters. The van der Waals surface area contributed by atoms with Gasteiger partial charge in [-0.1, -0.05) is 22.0 Å². The van der Waals surface area contributed by atoms with Crippen molar-refractivity contribution in [3.05, 3.63) is 65.0 Å². The zero-order valence-electron chi connectivity index (χ0n) is 11.1. The van der Waals surface area contributed by atoms with Crippen LogP contribution in [0.1, 0.15) is 5.56 Å². The quantitative estimate of drug-likeness (QED) is 0.727. The Morgan fingerprint density at radius 3 is 2.85 bits per heavy atom. The van der Waals surface area contributed by atoms with Gasteiger partial charge in [-0.15, -0.1) is 0 Å². The minimum absolute atomic E-state index is 0.822. The fraction of sp³-hybridized carbons (Fsp3) is 0.125. The summed E-state index contributed by atoms with van der Waals surface area (Å²) in [6, 6.07) is 12.3. The summed E-state index contributed by atoms with van der Waals surface area (Å²) in [5.41, 5.74) is 3.36. The fourth-order valence-corrected chi connectivity index (χ4v) is 2.64. The summed E-state index contributed by atoms with van der Waals surface area (Å²) in [6.07, 6.45) is 5.54. The van der Waals surface area contributed by atoms with E-state index in [1.165, 1.54) is 11.3 Å². The molecule has 4 heteroatoms. The predicted molar refractivity (Wildman–Crippen MR) is 85.8 cm³/mol. The van der Waals surface area contributed by atoms with Gasteiger partial charge in [0.15, 0.2) is 0 Å². The maximum atomic E-state index is 4.42. The van der Waals surface area contributed by atoms with Gasteiger partial charge in [0, 0.05) is 47.7 Å². The molecule has 0 saturated heterocycles. The Bertz CT molecular complexity index is 728. The SMILES string of the molecule is CN(Cc1cccnc1)c1ccnc2cc(Br)ccc12. The molecule has 0 unspecified atom stereocenters. The molecule has 0 saturated carbocycles. The van der Waals surface area contributed by atoms with E-state index in [1.54, 1.807) is 6.20 Å². The Balaban J connectivity index is 1.97. The standard InChI is InChI=1S/C16H14BrN3/c1-20(11-12-3-2-7-18-10-12)16-6-8-19-15-9-13(17)4-5-14(15)16/h2-10H,11H2,1H3. The molecule has 0 aliphatic rings. The first-order chi connectivity index (χ1) is 9.74. The van der Waals surface area contributed by atoms with Crippen LogP contribution in [0.15, 0.2) is 59.5 Å². The third-order valence-electron chi connectivity index (χ3n) is 3.24. The van der Waals surface area contributed by atoms with Crippen LogP contribution in [0.5, 0.6) is 0 Å². The molecule has 2 aromatic heterocycles. The number of pyridine rings is 2. The molecule has 3 rings (SSSR count). The summed E-state index contributed by atoms with van der Waals surface area (Å²) in [7, 11) is 2.09. The van der Waals surface area contributed by atoms with Crippen LogP contribution < -0.4 is 4.90 Å². The molecule has 0 fully saturated rings. The number of anilines is 1. The normalized spacial score (nSPS) is 10.7. The van der Waals surface area contributed by atoms with Gasteiger partial charge in [-0.05, 0) is 35.9 Å². The van der Waals surface area contributed by atoms with Gasteiger partial charge in [-0.2, -0.15) is 0 Å². The zero-order chi connectivity index (χ0) is 13.9. The molecule has 0 radical (unpaired) electrons. The van der Waals surface area contributed by atoms with Gasteiger partial charge in [0.1, 0.15) is 0 Å². The highest BCUT2D eigenvalue weighted by Crippen LogP contribution is 2.27. The van der Waals surface area contributed by atoms with Crippen molar-refractivity contribution in [1.29, 1.82) is 0 Å². The van der Waals surface area contributed by atoms with Crippen LogP contribution in [-0.2, 0) is 6.54 Å². The van der Waals surface area contributed by atoms with E-state index in [9.17, 15) is 0 Å². The van der Waals surface area contributed by atoms with E-state index in [0.717, 1.165) is 21.9 Å². The molecule has 0 bridgehead atoms. The molecule has 2 heterocycles. The van der Waals surface area contributed by atoms with Gasteiger partial charge in [-0.25, -0.2) is 0 Å². The molecule has 1 aromatic carbocycles. The van der Waals surface area contributed by atoms with Crippen LogP contribution in [0.2, 0.25) is 0 Å². The molecule has 0 spiro atoms. The van der Waals surface area contributed by atoms with Crippen LogP contribution in [0.25, 0.3) is 10.9 Å². The van der Waals surface area contributed by atoms with Crippen molar-refractivity contribution in [3.8, 4) is 0 Å². The minimum atomic E-state index is 0.822. The number of rotatable bonds is 3. The highest BCUT2D eigenvalue weighted by molar-refractivity contribution is 9.10. The summed E-state index contributed by atoms with van der Waals surface area (Å²) in [5.74, 6) is 0. The van der Waals surface area contributed by atoms with Crippen molar-refractivity contribution in [1.82, 2.24) is 9.97 Å². The smallest absolute Gasteiger partial charge is 0.0734 e. The molecule has 100 valence electrons. The maximum absolute atomic E-state index is 4.42. The second-order valence-corrected chi connectivity index (χ2v) is 5.62. The molecule has 0 amide bonds. The number of nitrogens with zero attached hydrogens (tertiary/aromatic N) is 3. The summed E-state index contributed by atoms with van der Waals surface area (Å²) in [5, 5.41) is 1.15. The summed E-state index contributed by atoms with van der Waals surface area (Å²) in [6.45, 7) is 0.822. The van der Waals surface area contributed by atoms with E-state index in [-0.39, 0.29) is 0 Å². The van der Waals surface area contributed by atoms with Crippen molar-refractivity contribution in [2.75, 3.05) is 11.9 Å². The molecular weight excluding hydrogens is 314 g/mol. The van der Waals surface area contributed by atoms with Crippen molar-refractivity contribution >= 4 is 32.5 Å². The lowest BCUT2D eigenvalue weighted by Gasteiger charge is -2.21. The number of aromatic nitrogens is 2. The Kier molecular flexibility index (Phi) is 3.65. The Labute approximate surface area is 126 Å². The molecule has 3 aromatic rings. The average Bonchev–Trinajstić information content (AvgIpc) is 2.47. The lowest BCUT2D eigenvalue weighted by Crippen LogP contribution is -2.16. The van der Waals surface area contributed by atoms with Crippen LogP contribution in [0.4, 0.5) is 5.69 Å². The molecule has 0 N–H and O–H groups in total. The molecule has 0 aliphatic carbocycles. The first kappa shape index (κ1) is 13.1. The van der Waals surface area contributed by atoms with E-state index in [4.69, 9.17) is 0 Å². The second-order valence-electron chi connectivity index (χ2n) is 4.71. The van der Waals surface area contributed by atoms with E-state index >= 15 is 0 Å². The fourth-order valence-electron chi connectivity index (χ4n) is 2.29. The lowest BCUT2D eigenvalue weighted by molar-refractivity contribution is 0.919. The summed E-state index contributed by atoms with van der Waals surface area (Å²) in [4.78, 5) is 10.8. The van der Waals surface area contributed by atoms with Crippen LogP contribution in [0.3, 0.4) is 0 Å². The highest BCUT2D eigenvalue weighted by Gasteiger charge is 2.07. The molecule has 0 aliphatic heterocycles. The first-order valence-corrected chi connectivity index (χ1v) is 7.17. The zero-order valence-corrected chi connectivity index (χ0v) is 12.7. The van der Waals surface area contributed by atoms with Crippen molar-refractivity contribution in [3.63, 3.8) is 0 Å². The number of hydrogen-bond donors (Lipinski definition) is 0. The summed E-state index contributed by atoms with van der Waals surface area (Å²) < 4.78 is 1.05. The number of halogens is 1. The topological polar surface area (TPSA) is 29.0 Å². The largest absolute Gasteiger partial charge is 0.370 e. The van der Waals surface area contributed by atoms with Crippen molar-refractivity contribution in [2.24, 2.45) is 0 Å². The Hall–Kier alpha value is -1.94. The van der Waals surface area contributed by atoms with Crippen molar-refractivity contribution in [2.45, 2.75) is 6.54 Å². The molecule has 3 nitrogen and oxygen atoms in total. The van der Waals surface area contributed by atoms with Gasteiger partial charge < -0.3 is 4.90 Å². The van der Waals surface area contributed by atoms with Crippen LogP contribution >= 0.6 is 15.9 Å². The molecular formula is C16H14BrN3. The van der Waals surface area contributed by atoms with Gasteiger partial charge in [-0.3, -0.25) is 9.97 Å². The van der Waals surface area contributed by atoms with Gasteiger partial charge in [0.25, 0.3) is 0 Å². The maximum Gasteiger partial charge on any atom is 0.0734 e. The lowest BCUT2D eigenvalue weighted by atomic mass is 10.1. The number of benzene rings is 1. The molecule has 20 heavy (non-hydrogen) atoms. The first-order valence-electron chi connectivity index (χ1n) is 6.38. The highest BCUT2D eigenvalue weighted by atomic mass is 79.9. The van der Waals surface area contributed by atoms with Gasteiger partial charge in [0.2, 0.25) is 0 Å². The van der Waals surface area contributed by atoms with E-state index in [0.29, 0.717) is 0 Å². The predicted octanol–water partition coefficient (Wildman–Crippen LogP) is 4.03. The van der Waals surface area contributed by atoms with Gasteiger partial charge in [0.05, 0.1) is 5.52 Å². The summed E-state index contributed by atoms with van der Waals surface area (Å²) >= 11 is 3.49. The van der Waals surface area contributed by atoms with Crippen LogP contribution in [-0.4, -0.2) is 17.0 Å². The van der Waals surface area contributed by atoms with E-state index in [1.807, 2.05) is 36.7 Å². The van der Waals surface area contributed by atoms with Crippen LogP contribution in [0, 0.1) is 0 Å². The third-order valence-corrected chi connectivity index (χ3v) is 3.73. The number of hydrogen-bond acceptors (Lipinski definition) is 3. The average molecular weight is 328 g/mol. The minimum Gasteiger partial charge on any atom is -0.370 e. The Morgan fingerprint density at radius 1 is 1.15 bits per heavy atom. The number of fused-ring (bicyclic) bond motifs is 1. The third kappa shape index (κ3) is 2.65. The van der Waals surface area contributed by atoms with E-state index in [2.05, 4.69) is 50.0 Å². The Morgan fingerprint density at radius 2 is 2.05 bits per heavy atom. The second kappa shape index (κ2) is 5.59.